The molecular formula is C13H20N2OS. The predicted molar refractivity (Wildman–Crippen MR) is 75.2 cm³/mol. The Morgan fingerprint density at radius 2 is 2.00 bits per heavy atom. The average Bonchev–Trinajstić information content (AvgIpc) is 2.23. The number of hydrogen-bond donors (Lipinski definition) is 2. The van der Waals surface area contributed by atoms with E-state index in [1.165, 1.54) is 0 Å². The first-order valence-corrected chi connectivity index (χ1v) is 6.59. The Bertz CT molecular complexity index is 385. The van der Waals surface area contributed by atoms with Gasteiger partial charge in [0, 0.05) is 10.5 Å². The number of nitrogens with one attached hydrogen (secondary N) is 1. The lowest BCUT2D eigenvalue weighted by atomic mass is 10.2. The summed E-state index contributed by atoms with van der Waals surface area (Å²) in [5.74, 6) is 1.66. The van der Waals surface area contributed by atoms with Crippen molar-refractivity contribution >= 4 is 17.6 Å². The van der Waals surface area contributed by atoms with Crippen LogP contribution in [0.25, 0.3) is 0 Å². The first-order chi connectivity index (χ1) is 7.90. The number of para-hydroxylation sites is 1. The van der Waals surface area contributed by atoms with Crippen molar-refractivity contribution in [2.75, 3.05) is 12.4 Å². The number of rotatable bonds is 5. The minimum absolute atomic E-state index is 0.0454. The molecule has 0 unspecified atom stereocenters. The summed E-state index contributed by atoms with van der Waals surface area (Å²) in [6, 6.07) is 7.39. The molecule has 0 spiro atoms. The summed E-state index contributed by atoms with van der Waals surface area (Å²) < 4.78 is 5.91. The van der Waals surface area contributed by atoms with Crippen molar-refractivity contribution in [3.63, 3.8) is 0 Å². The molecule has 17 heavy (non-hydrogen) atoms. The fourth-order valence-electron chi connectivity index (χ4n) is 1.31. The van der Waals surface area contributed by atoms with Gasteiger partial charge in [0.25, 0.3) is 0 Å². The highest BCUT2D eigenvalue weighted by atomic mass is 32.2. The highest BCUT2D eigenvalue weighted by Crippen LogP contribution is 2.23. The molecule has 0 fully saturated rings. The van der Waals surface area contributed by atoms with Crippen molar-refractivity contribution in [3.05, 3.63) is 29.8 Å². The maximum atomic E-state index is 7.45. The number of nitrogen functional groups attached to an aromatic ring is 1. The lowest BCUT2D eigenvalue weighted by Crippen LogP contribution is -2.15. The van der Waals surface area contributed by atoms with Gasteiger partial charge in [-0.1, -0.05) is 32.9 Å². The van der Waals surface area contributed by atoms with Crippen LogP contribution in [-0.2, 0) is 0 Å². The van der Waals surface area contributed by atoms with E-state index in [0.717, 1.165) is 5.75 Å². The van der Waals surface area contributed by atoms with Crippen LogP contribution >= 0.6 is 11.8 Å². The second-order valence-corrected chi connectivity index (χ2v) is 6.64. The molecular weight excluding hydrogens is 232 g/mol. The van der Waals surface area contributed by atoms with Crippen molar-refractivity contribution in [2.45, 2.75) is 25.5 Å². The second-order valence-electron chi connectivity index (χ2n) is 4.72. The van der Waals surface area contributed by atoms with E-state index in [1.807, 2.05) is 30.0 Å². The molecule has 0 amide bonds. The van der Waals surface area contributed by atoms with Crippen molar-refractivity contribution in [1.29, 1.82) is 5.41 Å². The van der Waals surface area contributed by atoms with Gasteiger partial charge in [-0.25, -0.2) is 0 Å². The Balaban J connectivity index is 2.49. The molecule has 1 aromatic carbocycles. The zero-order valence-electron chi connectivity index (χ0n) is 10.6. The maximum absolute atomic E-state index is 7.45. The summed E-state index contributed by atoms with van der Waals surface area (Å²) in [5.41, 5.74) is 6.15. The van der Waals surface area contributed by atoms with E-state index in [9.17, 15) is 0 Å². The molecule has 0 aliphatic carbocycles. The first kappa shape index (κ1) is 13.9. The Kier molecular flexibility index (Phi) is 4.87. The Morgan fingerprint density at radius 3 is 2.59 bits per heavy atom. The van der Waals surface area contributed by atoms with E-state index >= 15 is 0 Å². The van der Waals surface area contributed by atoms with Gasteiger partial charge in [-0.05, 0) is 12.1 Å². The molecule has 4 heteroatoms. The summed E-state index contributed by atoms with van der Waals surface area (Å²) in [4.78, 5) is 0. The summed E-state index contributed by atoms with van der Waals surface area (Å²) in [6.07, 6.45) is 0. The molecule has 0 saturated heterocycles. The van der Waals surface area contributed by atoms with Gasteiger partial charge in [0.05, 0.1) is 12.2 Å². The van der Waals surface area contributed by atoms with Crippen molar-refractivity contribution < 1.29 is 4.74 Å². The highest BCUT2D eigenvalue weighted by Gasteiger charge is 2.10. The highest BCUT2D eigenvalue weighted by molar-refractivity contribution is 8.00. The van der Waals surface area contributed by atoms with E-state index in [0.29, 0.717) is 17.9 Å². The molecule has 0 bridgehead atoms. The monoisotopic (exact) mass is 252 g/mol. The molecule has 1 aromatic rings. The number of amidine groups is 1. The Labute approximate surface area is 107 Å². The van der Waals surface area contributed by atoms with Crippen molar-refractivity contribution in [1.82, 2.24) is 0 Å². The maximum Gasteiger partial charge on any atom is 0.130 e. The minimum atomic E-state index is 0.0454. The summed E-state index contributed by atoms with van der Waals surface area (Å²) in [5, 5.41) is 7.45. The number of thioether (sulfide) groups is 1. The van der Waals surface area contributed by atoms with E-state index in [-0.39, 0.29) is 10.6 Å². The van der Waals surface area contributed by atoms with Gasteiger partial charge in [0.2, 0.25) is 0 Å². The summed E-state index contributed by atoms with van der Waals surface area (Å²) in [7, 11) is 0. The fraction of sp³-hybridized carbons (Fsp3) is 0.462. The van der Waals surface area contributed by atoms with Crippen molar-refractivity contribution in [2.24, 2.45) is 5.73 Å². The largest absolute Gasteiger partial charge is 0.492 e. The van der Waals surface area contributed by atoms with Gasteiger partial charge in [-0.15, -0.1) is 0 Å². The molecule has 0 radical (unpaired) electrons. The Morgan fingerprint density at radius 1 is 1.35 bits per heavy atom. The van der Waals surface area contributed by atoms with Gasteiger partial charge in [0.1, 0.15) is 11.6 Å². The topological polar surface area (TPSA) is 59.1 Å². The molecule has 0 atom stereocenters. The third-order valence-corrected chi connectivity index (χ3v) is 3.29. The Hall–Kier alpha value is -1.16. The molecule has 94 valence electrons. The van der Waals surface area contributed by atoms with Crippen LogP contribution in [0.2, 0.25) is 0 Å². The van der Waals surface area contributed by atoms with Crippen LogP contribution in [-0.4, -0.2) is 22.9 Å². The molecule has 0 aliphatic heterocycles. The molecule has 0 heterocycles. The predicted octanol–water partition coefficient (Wildman–Crippen LogP) is 2.88. The van der Waals surface area contributed by atoms with Gasteiger partial charge in [-0.2, -0.15) is 11.8 Å². The third-order valence-electron chi connectivity index (χ3n) is 2.05. The third kappa shape index (κ3) is 5.13. The van der Waals surface area contributed by atoms with Gasteiger partial charge < -0.3 is 10.5 Å². The lowest BCUT2D eigenvalue weighted by molar-refractivity contribution is 0.343. The molecule has 0 saturated carbocycles. The van der Waals surface area contributed by atoms with Crippen LogP contribution in [0.1, 0.15) is 26.3 Å². The van der Waals surface area contributed by atoms with E-state index in [2.05, 4.69) is 20.8 Å². The van der Waals surface area contributed by atoms with Crippen molar-refractivity contribution in [3.8, 4) is 5.75 Å². The fourth-order valence-corrected chi connectivity index (χ4v) is 2.09. The van der Waals surface area contributed by atoms with Crippen LogP contribution in [0, 0.1) is 5.41 Å². The summed E-state index contributed by atoms with van der Waals surface area (Å²) >= 11 is 1.86. The zero-order valence-corrected chi connectivity index (χ0v) is 11.4. The second kappa shape index (κ2) is 5.96. The van der Waals surface area contributed by atoms with Crippen LogP contribution in [0.4, 0.5) is 0 Å². The van der Waals surface area contributed by atoms with E-state index < -0.39 is 0 Å². The number of ether oxygens (including phenoxy) is 1. The van der Waals surface area contributed by atoms with E-state index in [1.54, 1.807) is 6.07 Å². The first-order valence-electron chi connectivity index (χ1n) is 5.60. The van der Waals surface area contributed by atoms with E-state index in [4.69, 9.17) is 15.9 Å². The average molecular weight is 252 g/mol. The number of benzene rings is 1. The van der Waals surface area contributed by atoms with Crippen LogP contribution < -0.4 is 10.5 Å². The summed E-state index contributed by atoms with van der Waals surface area (Å²) in [6.45, 7) is 7.18. The molecule has 1 rings (SSSR count). The zero-order chi connectivity index (χ0) is 12.9. The lowest BCUT2D eigenvalue weighted by Gasteiger charge is -2.18. The number of hydrogen-bond acceptors (Lipinski definition) is 3. The van der Waals surface area contributed by atoms with Gasteiger partial charge in [-0.3, -0.25) is 5.41 Å². The molecule has 0 aliphatic rings. The minimum Gasteiger partial charge on any atom is -0.492 e. The van der Waals surface area contributed by atoms with Crippen LogP contribution in [0.5, 0.6) is 5.75 Å². The normalized spacial score (nSPS) is 11.2. The quantitative estimate of drug-likeness (QED) is 0.481. The van der Waals surface area contributed by atoms with Crippen LogP contribution in [0.15, 0.2) is 24.3 Å². The molecule has 0 aromatic heterocycles. The smallest absolute Gasteiger partial charge is 0.130 e. The number of nitrogens with two attached hydrogens (primary N) is 1. The van der Waals surface area contributed by atoms with Crippen LogP contribution in [0.3, 0.4) is 0 Å². The molecule has 3 N–H and O–H groups in total. The van der Waals surface area contributed by atoms with Gasteiger partial charge >= 0.3 is 0 Å². The SMILES string of the molecule is CC(C)(C)SCCOc1ccccc1C(=N)N. The standard InChI is InChI=1S/C13H20N2OS/c1-13(2,3)17-9-8-16-11-7-5-4-6-10(11)12(14)15/h4-7H,8-9H2,1-3H3,(H3,14,15). The molecule has 3 nitrogen and oxygen atoms in total. The van der Waals surface area contributed by atoms with Gasteiger partial charge in [0.15, 0.2) is 0 Å².